The molecule has 2 aromatic rings. The molecule has 0 saturated carbocycles. The van der Waals surface area contributed by atoms with Crippen LogP contribution in [-0.4, -0.2) is 32.0 Å². The van der Waals surface area contributed by atoms with Crippen LogP contribution in [0.15, 0.2) is 48.5 Å². The summed E-state index contributed by atoms with van der Waals surface area (Å²) in [6, 6.07) is 15.7. The smallest absolute Gasteiger partial charge is 0.223 e. The highest BCUT2D eigenvalue weighted by Gasteiger charge is 2.23. The Labute approximate surface area is 174 Å². The molecule has 156 valence electrons. The van der Waals surface area contributed by atoms with Gasteiger partial charge in [0.15, 0.2) is 0 Å². The minimum Gasteiger partial charge on any atom is -0.496 e. The molecule has 0 heterocycles. The fraction of sp³-hybridized carbons (Fsp3) is 0.417. The average molecular weight is 397 g/mol. The van der Waals surface area contributed by atoms with Crippen LogP contribution in [-0.2, 0) is 21.4 Å². The van der Waals surface area contributed by atoms with E-state index in [0.29, 0.717) is 19.5 Å². The van der Waals surface area contributed by atoms with E-state index in [1.807, 2.05) is 48.5 Å². The van der Waals surface area contributed by atoms with E-state index >= 15 is 0 Å². The Balaban J connectivity index is 1.96. The zero-order chi connectivity index (χ0) is 21.4. The van der Waals surface area contributed by atoms with Gasteiger partial charge in [0.25, 0.3) is 0 Å². The quantitative estimate of drug-likeness (QED) is 0.731. The van der Waals surface area contributed by atoms with Gasteiger partial charge in [-0.15, -0.1) is 0 Å². The molecule has 0 spiro atoms. The van der Waals surface area contributed by atoms with Gasteiger partial charge < -0.3 is 15.0 Å². The summed E-state index contributed by atoms with van der Waals surface area (Å²) in [7, 11) is 1.64. The third-order valence-corrected chi connectivity index (χ3v) is 4.85. The highest BCUT2D eigenvalue weighted by atomic mass is 16.5. The van der Waals surface area contributed by atoms with Gasteiger partial charge in [0.1, 0.15) is 5.75 Å². The summed E-state index contributed by atoms with van der Waals surface area (Å²) in [6.07, 6.45) is 0.947. The summed E-state index contributed by atoms with van der Waals surface area (Å²) in [6.45, 7) is 8.78. The maximum Gasteiger partial charge on any atom is 0.223 e. The second-order valence-corrected chi connectivity index (χ2v) is 8.10. The molecule has 0 aliphatic rings. The predicted molar refractivity (Wildman–Crippen MR) is 117 cm³/mol. The van der Waals surface area contributed by atoms with Crippen molar-refractivity contribution in [2.75, 3.05) is 25.1 Å². The number of ether oxygens (including phenoxy) is 1. The van der Waals surface area contributed by atoms with Crippen LogP contribution in [0.5, 0.6) is 5.75 Å². The van der Waals surface area contributed by atoms with Crippen molar-refractivity contribution in [2.24, 2.45) is 0 Å². The number of methoxy groups -OCH3 is 1. The predicted octanol–water partition coefficient (Wildman–Crippen LogP) is 4.09. The molecule has 5 nitrogen and oxygen atoms in total. The third kappa shape index (κ3) is 6.34. The fourth-order valence-corrected chi connectivity index (χ4v) is 3.34. The SMILES string of the molecule is COc1ccccc1CCNC(=O)CCN(C(C)=O)c1ccccc1C(C)(C)C. The summed E-state index contributed by atoms with van der Waals surface area (Å²) in [4.78, 5) is 26.3. The minimum absolute atomic E-state index is 0.0662. The van der Waals surface area contributed by atoms with Crippen molar-refractivity contribution >= 4 is 17.5 Å². The number of rotatable bonds is 8. The van der Waals surface area contributed by atoms with Gasteiger partial charge in [0.05, 0.1) is 7.11 Å². The second kappa shape index (κ2) is 10.1. The molecular formula is C24H32N2O3. The molecule has 1 N–H and O–H groups in total. The minimum atomic E-state index is -0.0959. The molecule has 0 fully saturated rings. The van der Waals surface area contributed by atoms with E-state index in [1.54, 1.807) is 18.9 Å². The molecule has 0 saturated heterocycles. The summed E-state index contributed by atoms with van der Waals surface area (Å²) >= 11 is 0. The lowest BCUT2D eigenvalue weighted by Gasteiger charge is -2.29. The van der Waals surface area contributed by atoms with E-state index in [4.69, 9.17) is 4.74 Å². The van der Waals surface area contributed by atoms with E-state index < -0.39 is 0 Å². The summed E-state index contributed by atoms with van der Waals surface area (Å²) in [5.41, 5.74) is 2.92. The number of para-hydroxylation sites is 2. The Kier molecular flexibility index (Phi) is 7.82. The molecule has 0 atom stereocenters. The molecule has 0 radical (unpaired) electrons. The van der Waals surface area contributed by atoms with Gasteiger partial charge in [-0.3, -0.25) is 9.59 Å². The molecule has 29 heavy (non-hydrogen) atoms. The van der Waals surface area contributed by atoms with Crippen LogP contribution in [0.2, 0.25) is 0 Å². The van der Waals surface area contributed by atoms with Gasteiger partial charge in [-0.25, -0.2) is 0 Å². The number of benzene rings is 2. The lowest BCUT2D eigenvalue weighted by Crippen LogP contribution is -2.35. The Morgan fingerprint density at radius 3 is 2.34 bits per heavy atom. The highest BCUT2D eigenvalue weighted by molar-refractivity contribution is 5.93. The summed E-state index contributed by atoms with van der Waals surface area (Å²) < 4.78 is 5.34. The largest absolute Gasteiger partial charge is 0.496 e. The van der Waals surface area contributed by atoms with Crippen LogP contribution in [0.25, 0.3) is 0 Å². The van der Waals surface area contributed by atoms with Crippen LogP contribution in [0.1, 0.15) is 45.2 Å². The monoisotopic (exact) mass is 396 g/mol. The van der Waals surface area contributed by atoms with Gasteiger partial charge in [0.2, 0.25) is 11.8 Å². The van der Waals surface area contributed by atoms with Gasteiger partial charge in [-0.2, -0.15) is 0 Å². The van der Waals surface area contributed by atoms with Crippen molar-refractivity contribution < 1.29 is 14.3 Å². The fourth-order valence-electron chi connectivity index (χ4n) is 3.34. The van der Waals surface area contributed by atoms with Gasteiger partial charge in [-0.1, -0.05) is 57.2 Å². The number of amides is 2. The molecular weight excluding hydrogens is 364 g/mol. The molecule has 2 amide bonds. The van der Waals surface area contributed by atoms with Crippen molar-refractivity contribution in [3.8, 4) is 5.75 Å². The van der Waals surface area contributed by atoms with Gasteiger partial charge in [0, 0.05) is 32.1 Å². The first-order chi connectivity index (χ1) is 13.7. The summed E-state index contributed by atoms with van der Waals surface area (Å²) in [5.74, 6) is 0.686. The van der Waals surface area contributed by atoms with E-state index in [0.717, 1.165) is 22.6 Å². The number of nitrogens with one attached hydrogen (secondary N) is 1. The Morgan fingerprint density at radius 1 is 1.03 bits per heavy atom. The van der Waals surface area contributed by atoms with E-state index in [-0.39, 0.29) is 23.7 Å². The topological polar surface area (TPSA) is 58.6 Å². The van der Waals surface area contributed by atoms with Crippen molar-refractivity contribution in [1.29, 1.82) is 0 Å². The Bertz CT molecular complexity index is 840. The molecule has 2 rings (SSSR count). The van der Waals surface area contributed by atoms with Crippen LogP contribution >= 0.6 is 0 Å². The van der Waals surface area contributed by atoms with Crippen molar-refractivity contribution in [2.45, 2.75) is 46.0 Å². The van der Waals surface area contributed by atoms with Crippen LogP contribution in [0.3, 0.4) is 0 Å². The van der Waals surface area contributed by atoms with E-state index in [2.05, 4.69) is 26.1 Å². The first-order valence-electron chi connectivity index (χ1n) is 10.00. The van der Waals surface area contributed by atoms with Crippen LogP contribution < -0.4 is 15.0 Å². The second-order valence-electron chi connectivity index (χ2n) is 8.10. The molecule has 0 aliphatic carbocycles. The molecule has 2 aromatic carbocycles. The number of nitrogens with zero attached hydrogens (tertiary/aromatic N) is 1. The maximum absolute atomic E-state index is 12.3. The lowest BCUT2D eigenvalue weighted by molar-refractivity contribution is -0.121. The standard InChI is InChI=1S/C24H32N2O3/c1-18(27)26(21-12-8-7-11-20(21)24(2,3)4)17-15-23(28)25-16-14-19-10-6-9-13-22(19)29-5/h6-13H,14-17H2,1-5H3,(H,25,28). The van der Waals surface area contributed by atoms with E-state index in [9.17, 15) is 9.59 Å². The molecule has 0 bridgehead atoms. The molecule has 0 unspecified atom stereocenters. The van der Waals surface area contributed by atoms with Gasteiger partial charge >= 0.3 is 0 Å². The summed E-state index contributed by atoms with van der Waals surface area (Å²) in [5, 5.41) is 2.94. The Morgan fingerprint density at radius 2 is 1.69 bits per heavy atom. The number of hydrogen-bond acceptors (Lipinski definition) is 3. The van der Waals surface area contributed by atoms with Crippen molar-refractivity contribution in [3.63, 3.8) is 0 Å². The number of anilines is 1. The van der Waals surface area contributed by atoms with Crippen molar-refractivity contribution in [3.05, 3.63) is 59.7 Å². The molecule has 5 heteroatoms. The van der Waals surface area contributed by atoms with Crippen LogP contribution in [0.4, 0.5) is 5.69 Å². The molecule has 0 aromatic heterocycles. The zero-order valence-electron chi connectivity index (χ0n) is 18.1. The van der Waals surface area contributed by atoms with Crippen molar-refractivity contribution in [1.82, 2.24) is 5.32 Å². The first kappa shape index (κ1) is 22.5. The number of carbonyl (C=O) groups excluding carboxylic acids is 2. The van der Waals surface area contributed by atoms with Gasteiger partial charge in [-0.05, 0) is 35.1 Å². The number of hydrogen-bond donors (Lipinski definition) is 1. The normalized spacial score (nSPS) is 11.1. The molecule has 0 aliphatic heterocycles. The Hall–Kier alpha value is -2.82. The zero-order valence-corrected chi connectivity index (χ0v) is 18.1. The maximum atomic E-state index is 12.3. The highest BCUT2D eigenvalue weighted by Crippen LogP contribution is 2.32. The third-order valence-electron chi connectivity index (χ3n) is 4.85. The van der Waals surface area contributed by atoms with E-state index in [1.165, 1.54) is 0 Å². The average Bonchev–Trinajstić information content (AvgIpc) is 2.68. The number of carbonyl (C=O) groups is 2. The lowest BCUT2D eigenvalue weighted by atomic mass is 9.85. The van der Waals surface area contributed by atoms with Crippen LogP contribution in [0, 0.1) is 0 Å². The first-order valence-corrected chi connectivity index (χ1v) is 10.00.